The Morgan fingerprint density at radius 1 is 1.55 bits per heavy atom. The summed E-state index contributed by atoms with van der Waals surface area (Å²) in [4.78, 5) is 15.8. The summed E-state index contributed by atoms with van der Waals surface area (Å²) in [6.07, 6.45) is 4.15. The Morgan fingerprint density at radius 2 is 2.30 bits per heavy atom. The van der Waals surface area contributed by atoms with Crippen LogP contribution in [0.1, 0.15) is 29.8 Å². The van der Waals surface area contributed by atoms with Crippen LogP contribution in [0.25, 0.3) is 0 Å². The first-order chi connectivity index (χ1) is 9.38. The molecule has 1 aliphatic rings. The second kappa shape index (κ2) is 5.97. The average molecular weight is 300 g/mol. The molecule has 1 fully saturated rings. The third-order valence-electron chi connectivity index (χ3n) is 3.45. The van der Waals surface area contributed by atoms with E-state index in [9.17, 15) is 17.6 Å². The van der Waals surface area contributed by atoms with Crippen molar-refractivity contribution in [3.05, 3.63) is 29.8 Å². The van der Waals surface area contributed by atoms with Gasteiger partial charge in [0, 0.05) is 25.7 Å². The highest BCUT2D eigenvalue weighted by molar-refractivity contribution is 7.88. The molecular weight excluding hydrogens is 283 g/mol. The second-order valence-electron chi connectivity index (χ2n) is 5.09. The maximum absolute atomic E-state index is 13.5. The number of carbonyl (C=O) groups is 1. The number of aromatic nitrogens is 1. The van der Waals surface area contributed by atoms with Gasteiger partial charge >= 0.3 is 0 Å². The van der Waals surface area contributed by atoms with Crippen molar-refractivity contribution in [3.63, 3.8) is 0 Å². The van der Waals surface area contributed by atoms with Crippen LogP contribution >= 0.6 is 0 Å². The van der Waals surface area contributed by atoms with Gasteiger partial charge in [-0.3, -0.25) is 9.78 Å². The summed E-state index contributed by atoms with van der Waals surface area (Å²) in [5.41, 5.74) is -0.163. The van der Waals surface area contributed by atoms with Crippen molar-refractivity contribution in [1.82, 2.24) is 9.29 Å². The standard InChI is InChI=1S/C13H17FN2O3S/c1-20(18,19)16-7-3-4-10(9-16)8-12(17)13-11(14)5-2-6-15-13/h2,5-6,10H,3-4,7-9H2,1H3. The van der Waals surface area contributed by atoms with Crippen LogP contribution in [0.5, 0.6) is 0 Å². The van der Waals surface area contributed by atoms with Gasteiger partial charge in [-0.1, -0.05) is 0 Å². The number of ketones is 1. The fourth-order valence-electron chi connectivity index (χ4n) is 2.44. The summed E-state index contributed by atoms with van der Waals surface area (Å²) in [6.45, 7) is 0.806. The number of pyridine rings is 1. The Balaban J connectivity index is 2.03. The number of halogens is 1. The SMILES string of the molecule is CS(=O)(=O)N1CCCC(CC(=O)c2ncccc2F)C1. The average Bonchev–Trinajstić information content (AvgIpc) is 2.38. The summed E-state index contributed by atoms with van der Waals surface area (Å²) in [7, 11) is -3.24. The number of Topliss-reactive ketones (excluding diaryl/α,β-unsaturated/α-hetero) is 1. The van der Waals surface area contributed by atoms with Crippen LogP contribution in [0.15, 0.2) is 18.3 Å². The Hall–Kier alpha value is -1.34. The molecule has 1 aromatic heterocycles. The van der Waals surface area contributed by atoms with Crippen LogP contribution in [0.4, 0.5) is 4.39 Å². The van der Waals surface area contributed by atoms with Crippen LogP contribution < -0.4 is 0 Å². The monoisotopic (exact) mass is 300 g/mol. The maximum Gasteiger partial charge on any atom is 0.211 e. The molecule has 1 saturated heterocycles. The quantitative estimate of drug-likeness (QED) is 0.790. The Bertz CT molecular complexity index is 603. The zero-order chi connectivity index (χ0) is 14.8. The number of rotatable bonds is 4. The van der Waals surface area contributed by atoms with Crippen LogP contribution in [0.2, 0.25) is 0 Å². The summed E-state index contributed by atoms with van der Waals surface area (Å²) >= 11 is 0. The summed E-state index contributed by atoms with van der Waals surface area (Å²) in [5, 5.41) is 0. The fraction of sp³-hybridized carbons (Fsp3) is 0.538. The lowest BCUT2D eigenvalue weighted by atomic mass is 9.93. The largest absolute Gasteiger partial charge is 0.292 e. The van der Waals surface area contributed by atoms with Gasteiger partial charge in [-0.15, -0.1) is 0 Å². The first-order valence-electron chi connectivity index (χ1n) is 6.47. The van der Waals surface area contributed by atoms with E-state index in [1.807, 2.05) is 0 Å². The predicted octanol–water partition coefficient (Wildman–Crippen LogP) is 1.47. The van der Waals surface area contributed by atoms with E-state index in [1.165, 1.54) is 22.6 Å². The van der Waals surface area contributed by atoms with Crippen LogP contribution in [-0.4, -0.2) is 42.8 Å². The Morgan fingerprint density at radius 3 is 2.95 bits per heavy atom. The molecule has 0 aromatic carbocycles. The molecule has 2 rings (SSSR count). The van der Waals surface area contributed by atoms with Gasteiger partial charge in [0.2, 0.25) is 10.0 Å². The highest BCUT2D eigenvalue weighted by Gasteiger charge is 2.28. The minimum Gasteiger partial charge on any atom is -0.292 e. The number of hydrogen-bond acceptors (Lipinski definition) is 4. The van der Waals surface area contributed by atoms with E-state index in [0.717, 1.165) is 19.1 Å². The molecule has 7 heteroatoms. The van der Waals surface area contributed by atoms with Gasteiger partial charge in [0.05, 0.1) is 6.26 Å². The number of carbonyl (C=O) groups excluding carboxylic acids is 1. The lowest BCUT2D eigenvalue weighted by molar-refractivity contribution is 0.0933. The minimum absolute atomic E-state index is 0.0765. The molecule has 1 aliphatic heterocycles. The van der Waals surface area contributed by atoms with E-state index in [1.54, 1.807) is 0 Å². The highest BCUT2D eigenvalue weighted by atomic mass is 32.2. The molecule has 1 unspecified atom stereocenters. The predicted molar refractivity (Wildman–Crippen MR) is 72.3 cm³/mol. The molecule has 0 spiro atoms. The number of piperidine rings is 1. The molecular formula is C13H17FN2O3S. The molecule has 0 amide bonds. The van der Waals surface area contributed by atoms with Gasteiger partial charge in [0.15, 0.2) is 11.6 Å². The van der Waals surface area contributed by atoms with E-state index in [-0.39, 0.29) is 23.8 Å². The topological polar surface area (TPSA) is 67.3 Å². The number of nitrogens with zero attached hydrogens (tertiary/aromatic N) is 2. The van der Waals surface area contributed by atoms with E-state index in [0.29, 0.717) is 13.1 Å². The molecule has 0 saturated carbocycles. The summed E-state index contributed by atoms with van der Waals surface area (Å²) in [5.74, 6) is -1.08. The van der Waals surface area contributed by atoms with E-state index >= 15 is 0 Å². The molecule has 0 N–H and O–H groups in total. The van der Waals surface area contributed by atoms with Crippen molar-refractivity contribution in [2.75, 3.05) is 19.3 Å². The number of sulfonamides is 1. The third kappa shape index (κ3) is 3.61. The molecule has 0 aliphatic carbocycles. The Kier molecular flexibility index (Phi) is 4.49. The minimum atomic E-state index is -3.24. The van der Waals surface area contributed by atoms with Crippen LogP contribution in [-0.2, 0) is 10.0 Å². The zero-order valence-corrected chi connectivity index (χ0v) is 12.1. The van der Waals surface area contributed by atoms with Crippen molar-refractivity contribution in [1.29, 1.82) is 0 Å². The van der Waals surface area contributed by atoms with Crippen molar-refractivity contribution < 1.29 is 17.6 Å². The molecule has 110 valence electrons. The third-order valence-corrected chi connectivity index (χ3v) is 4.72. The van der Waals surface area contributed by atoms with E-state index in [4.69, 9.17) is 0 Å². The maximum atomic E-state index is 13.5. The summed E-state index contributed by atoms with van der Waals surface area (Å²) in [6, 6.07) is 2.63. The molecule has 2 heterocycles. The van der Waals surface area contributed by atoms with Crippen molar-refractivity contribution in [2.45, 2.75) is 19.3 Å². The molecule has 5 nitrogen and oxygen atoms in total. The van der Waals surface area contributed by atoms with E-state index in [2.05, 4.69) is 4.98 Å². The molecule has 0 radical (unpaired) electrons. The highest BCUT2D eigenvalue weighted by Crippen LogP contribution is 2.23. The molecule has 1 atom stereocenters. The van der Waals surface area contributed by atoms with Gasteiger partial charge in [0.1, 0.15) is 5.69 Å². The smallest absolute Gasteiger partial charge is 0.211 e. The second-order valence-corrected chi connectivity index (χ2v) is 7.07. The van der Waals surface area contributed by atoms with Crippen molar-refractivity contribution in [3.8, 4) is 0 Å². The summed E-state index contributed by atoms with van der Waals surface area (Å²) < 4.78 is 37.9. The fourth-order valence-corrected chi connectivity index (χ4v) is 3.39. The van der Waals surface area contributed by atoms with Gasteiger partial charge in [0.25, 0.3) is 0 Å². The lowest BCUT2D eigenvalue weighted by Crippen LogP contribution is -2.39. The first-order valence-corrected chi connectivity index (χ1v) is 8.31. The van der Waals surface area contributed by atoms with Gasteiger partial charge in [-0.05, 0) is 30.9 Å². The molecule has 1 aromatic rings. The normalized spacial score (nSPS) is 20.8. The lowest BCUT2D eigenvalue weighted by Gasteiger charge is -2.30. The Labute approximate surface area is 117 Å². The van der Waals surface area contributed by atoms with Crippen LogP contribution in [0, 0.1) is 11.7 Å². The van der Waals surface area contributed by atoms with Gasteiger partial charge < -0.3 is 0 Å². The van der Waals surface area contributed by atoms with Crippen LogP contribution in [0.3, 0.4) is 0 Å². The zero-order valence-electron chi connectivity index (χ0n) is 11.3. The molecule has 20 heavy (non-hydrogen) atoms. The van der Waals surface area contributed by atoms with Gasteiger partial charge in [-0.25, -0.2) is 17.1 Å². The number of hydrogen-bond donors (Lipinski definition) is 0. The van der Waals surface area contributed by atoms with E-state index < -0.39 is 15.8 Å². The molecule has 0 bridgehead atoms. The first kappa shape index (κ1) is 15.1. The van der Waals surface area contributed by atoms with Gasteiger partial charge in [-0.2, -0.15) is 0 Å². The van der Waals surface area contributed by atoms with Crippen molar-refractivity contribution >= 4 is 15.8 Å². The van der Waals surface area contributed by atoms with Crippen molar-refractivity contribution in [2.24, 2.45) is 5.92 Å².